The maximum absolute atomic E-state index is 11.8. The van der Waals surface area contributed by atoms with Crippen molar-refractivity contribution in [3.8, 4) is 11.5 Å². The van der Waals surface area contributed by atoms with Gasteiger partial charge < -0.3 is 14.6 Å². The SMILES string of the molecule is COc1ccc(C(c2ccc(C)cc2)N2CCCC2C(=O)O)c(OC)c1. The summed E-state index contributed by atoms with van der Waals surface area (Å²) in [6.07, 6.45) is 1.54. The largest absolute Gasteiger partial charge is 0.497 e. The summed E-state index contributed by atoms with van der Waals surface area (Å²) in [6, 6.07) is 13.3. The van der Waals surface area contributed by atoms with E-state index < -0.39 is 12.0 Å². The molecule has 2 unspecified atom stereocenters. The van der Waals surface area contributed by atoms with Crippen molar-refractivity contribution in [2.24, 2.45) is 0 Å². The minimum absolute atomic E-state index is 0.181. The highest BCUT2D eigenvalue weighted by Gasteiger charge is 2.37. The Morgan fingerprint density at radius 2 is 1.88 bits per heavy atom. The zero-order valence-electron chi connectivity index (χ0n) is 15.4. The molecule has 1 aliphatic heterocycles. The van der Waals surface area contributed by atoms with E-state index in [2.05, 4.69) is 29.2 Å². The number of likely N-dealkylation sites (tertiary alicyclic amines) is 1. The molecule has 3 rings (SSSR count). The van der Waals surface area contributed by atoms with Crippen molar-refractivity contribution in [3.05, 3.63) is 59.2 Å². The van der Waals surface area contributed by atoms with E-state index in [0.717, 1.165) is 24.1 Å². The molecule has 0 bridgehead atoms. The molecule has 1 saturated heterocycles. The lowest BCUT2D eigenvalue weighted by atomic mass is 9.94. The van der Waals surface area contributed by atoms with Crippen LogP contribution in [0.25, 0.3) is 0 Å². The van der Waals surface area contributed by atoms with E-state index in [0.29, 0.717) is 17.9 Å². The van der Waals surface area contributed by atoms with Crippen LogP contribution in [-0.4, -0.2) is 42.8 Å². The first-order chi connectivity index (χ1) is 12.5. The monoisotopic (exact) mass is 355 g/mol. The van der Waals surface area contributed by atoms with Gasteiger partial charge in [-0.1, -0.05) is 29.8 Å². The number of rotatable bonds is 6. The van der Waals surface area contributed by atoms with Gasteiger partial charge in [0, 0.05) is 18.2 Å². The number of hydrogen-bond donors (Lipinski definition) is 1. The van der Waals surface area contributed by atoms with Gasteiger partial charge in [0.2, 0.25) is 0 Å². The van der Waals surface area contributed by atoms with Gasteiger partial charge in [0.15, 0.2) is 0 Å². The summed E-state index contributed by atoms with van der Waals surface area (Å²) < 4.78 is 10.9. The number of aryl methyl sites for hydroxylation is 1. The van der Waals surface area contributed by atoms with Gasteiger partial charge in [0.1, 0.15) is 17.5 Å². The van der Waals surface area contributed by atoms with E-state index in [1.54, 1.807) is 14.2 Å². The topological polar surface area (TPSA) is 59.0 Å². The molecule has 2 aromatic carbocycles. The van der Waals surface area contributed by atoms with E-state index >= 15 is 0 Å². The van der Waals surface area contributed by atoms with Crippen molar-refractivity contribution in [3.63, 3.8) is 0 Å². The van der Waals surface area contributed by atoms with Crippen molar-refractivity contribution < 1.29 is 19.4 Å². The maximum atomic E-state index is 11.8. The van der Waals surface area contributed by atoms with Gasteiger partial charge >= 0.3 is 5.97 Å². The Kier molecular flexibility index (Phi) is 5.47. The van der Waals surface area contributed by atoms with Crippen LogP contribution < -0.4 is 9.47 Å². The predicted molar refractivity (Wildman–Crippen MR) is 99.9 cm³/mol. The van der Waals surface area contributed by atoms with Crippen molar-refractivity contribution >= 4 is 5.97 Å². The lowest BCUT2D eigenvalue weighted by Crippen LogP contribution is -2.39. The Morgan fingerprint density at radius 3 is 2.50 bits per heavy atom. The van der Waals surface area contributed by atoms with Crippen LogP contribution in [0.15, 0.2) is 42.5 Å². The summed E-state index contributed by atoms with van der Waals surface area (Å²) >= 11 is 0. The van der Waals surface area contributed by atoms with Gasteiger partial charge in [-0.3, -0.25) is 9.69 Å². The van der Waals surface area contributed by atoms with Crippen molar-refractivity contribution in [2.45, 2.75) is 31.8 Å². The molecule has 0 aliphatic carbocycles. The summed E-state index contributed by atoms with van der Waals surface area (Å²) in [4.78, 5) is 13.9. The van der Waals surface area contributed by atoms with E-state index in [1.165, 1.54) is 5.56 Å². The number of aliphatic carboxylic acids is 1. The summed E-state index contributed by atoms with van der Waals surface area (Å²) in [5.74, 6) is 0.641. The first kappa shape index (κ1) is 18.3. The minimum Gasteiger partial charge on any atom is -0.497 e. The Hall–Kier alpha value is -2.53. The number of ether oxygens (including phenoxy) is 2. The molecule has 5 heteroatoms. The van der Waals surface area contributed by atoms with Crippen molar-refractivity contribution in [1.29, 1.82) is 0 Å². The van der Waals surface area contributed by atoms with E-state index in [1.807, 2.05) is 25.1 Å². The van der Waals surface area contributed by atoms with E-state index in [-0.39, 0.29) is 6.04 Å². The summed E-state index contributed by atoms with van der Waals surface area (Å²) in [5, 5.41) is 9.69. The third-order valence-electron chi connectivity index (χ3n) is 5.04. The molecule has 1 fully saturated rings. The molecular weight excluding hydrogens is 330 g/mol. The quantitative estimate of drug-likeness (QED) is 0.857. The third kappa shape index (κ3) is 3.53. The Bertz CT molecular complexity index is 772. The molecule has 2 aromatic rings. The molecule has 1 N–H and O–H groups in total. The highest BCUT2D eigenvalue weighted by molar-refractivity contribution is 5.74. The fourth-order valence-corrected chi connectivity index (χ4v) is 3.71. The number of carboxylic acids is 1. The second-order valence-electron chi connectivity index (χ2n) is 6.66. The smallest absolute Gasteiger partial charge is 0.320 e. The average Bonchev–Trinajstić information content (AvgIpc) is 3.13. The number of hydrogen-bond acceptors (Lipinski definition) is 4. The minimum atomic E-state index is -0.771. The van der Waals surface area contributed by atoms with Gasteiger partial charge in [0.05, 0.1) is 20.3 Å². The second-order valence-corrected chi connectivity index (χ2v) is 6.66. The zero-order valence-corrected chi connectivity index (χ0v) is 15.4. The molecule has 0 saturated carbocycles. The van der Waals surface area contributed by atoms with Crippen LogP contribution in [0, 0.1) is 6.92 Å². The molecule has 26 heavy (non-hydrogen) atoms. The van der Waals surface area contributed by atoms with Crippen molar-refractivity contribution in [1.82, 2.24) is 4.90 Å². The molecule has 0 radical (unpaired) electrons. The summed E-state index contributed by atoms with van der Waals surface area (Å²) in [6.45, 7) is 2.79. The lowest BCUT2D eigenvalue weighted by Gasteiger charge is -2.33. The highest BCUT2D eigenvalue weighted by atomic mass is 16.5. The van der Waals surface area contributed by atoms with Crippen LogP contribution in [-0.2, 0) is 4.79 Å². The second kappa shape index (κ2) is 7.79. The van der Waals surface area contributed by atoms with Crippen LogP contribution in [0.2, 0.25) is 0 Å². The number of nitrogens with zero attached hydrogens (tertiary/aromatic N) is 1. The Labute approximate surface area is 154 Å². The van der Waals surface area contributed by atoms with Gasteiger partial charge in [-0.15, -0.1) is 0 Å². The van der Waals surface area contributed by atoms with Crippen LogP contribution in [0.1, 0.15) is 35.6 Å². The van der Waals surface area contributed by atoms with Crippen LogP contribution in [0.5, 0.6) is 11.5 Å². The van der Waals surface area contributed by atoms with Crippen LogP contribution in [0.4, 0.5) is 0 Å². The number of carboxylic acid groups (broad SMARTS) is 1. The average molecular weight is 355 g/mol. The summed E-state index contributed by atoms with van der Waals surface area (Å²) in [7, 11) is 3.25. The number of benzene rings is 2. The lowest BCUT2D eigenvalue weighted by molar-refractivity contribution is -0.142. The fraction of sp³-hybridized carbons (Fsp3) is 0.381. The van der Waals surface area contributed by atoms with Crippen LogP contribution >= 0.6 is 0 Å². The number of carbonyl (C=O) groups is 1. The van der Waals surface area contributed by atoms with Gasteiger partial charge in [0.25, 0.3) is 0 Å². The van der Waals surface area contributed by atoms with Gasteiger partial charge in [-0.25, -0.2) is 0 Å². The highest BCUT2D eigenvalue weighted by Crippen LogP contribution is 2.40. The van der Waals surface area contributed by atoms with Gasteiger partial charge in [-0.05, 0) is 37.5 Å². The maximum Gasteiger partial charge on any atom is 0.320 e. The molecule has 2 atom stereocenters. The molecule has 0 spiro atoms. The molecule has 1 heterocycles. The van der Waals surface area contributed by atoms with E-state index in [9.17, 15) is 9.90 Å². The van der Waals surface area contributed by atoms with E-state index in [4.69, 9.17) is 9.47 Å². The standard InChI is InChI=1S/C21H25NO4/c1-14-6-8-15(9-7-14)20(22-12-4-5-18(22)21(23)24)17-11-10-16(25-2)13-19(17)26-3/h6-11,13,18,20H,4-5,12H2,1-3H3,(H,23,24). The summed E-state index contributed by atoms with van der Waals surface area (Å²) in [5.41, 5.74) is 3.18. The molecule has 138 valence electrons. The molecule has 1 aliphatic rings. The fourth-order valence-electron chi connectivity index (χ4n) is 3.71. The first-order valence-corrected chi connectivity index (χ1v) is 8.82. The van der Waals surface area contributed by atoms with Gasteiger partial charge in [-0.2, -0.15) is 0 Å². The first-order valence-electron chi connectivity index (χ1n) is 8.82. The third-order valence-corrected chi connectivity index (χ3v) is 5.04. The molecular formula is C21H25NO4. The Balaban J connectivity index is 2.12. The normalized spacial score (nSPS) is 18.5. The zero-order chi connectivity index (χ0) is 18.7. The Morgan fingerprint density at radius 1 is 1.15 bits per heavy atom. The van der Waals surface area contributed by atoms with Crippen LogP contribution in [0.3, 0.4) is 0 Å². The van der Waals surface area contributed by atoms with Crippen molar-refractivity contribution in [2.75, 3.05) is 20.8 Å². The molecule has 0 amide bonds. The molecule has 0 aromatic heterocycles. The molecule has 5 nitrogen and oxygen atoms in total. The number of methoxy groups -OCH3 is 2. The predicted octanol–water partition coefficient (Wildman–Crippen LogP) is 3.65.